The molecule has 0 radical (unpaired) electrons. The van der Waals surface area contributed by atoms with Crippen molar-refractivity contribution in [1.82, 2.24) is 9.97 Å². The molecule has 1 saturated heterocycles. The summed E-state index contributed by atoms with van der Waals surface area (Å²) < 4.78 is 56.9. The number of anilines is 2. The average molecular weight is 1560 g/mol. The molecule has 4 heterocycles. The lowest BCUT2D eigenvalue weighted by Gasteiger charge is -2.64. The first-order valence-electron chi connectivity index (χ1n) is 31.4. The number of para-hydroxylation sites is 2. The van der Waals surface area contributed by atoms with Crippen LogP contribution in [-0.2, 0) is 46.9 Å². The maximum absolute atomic E-state index is 15.4. The third-order valence-corrected chi connectivity index (χ3v) is 19.4. The zero-order chi connectivity index (χ0) is 69.8. The number of Topliss-reactive ketones (excluding diaryl/α,β-unsaturated/α-hetero) is 2. The van der Waals surface area contributed by atoms with E-state index in [0.717, 1.165) is 40.9 Å². The van der Waals surface area contributed by atoms with Crippen LogP contribution in [0.3, 0.4) is 0 Å². The van der Waals surface area contributed by atoms with E-state index in [9.17, 15) is 38.5 Å². The van der Waals surface area contributed by atoms with Crippen LogP contribution in [-0.4, -0.2) is 129 Å². The number of nitrogens with zero attached hydrogens (tertiary/aromatic N) is 4. The van der Waals surface area contributed by atoms with E-state index in [-0.39, 0.29) is 105 Å². The average Bonchev–Trinajstić information content (AvgIpc) is 1.64. The Balaban J connectivity index is 0.000000277. The van der Waals surface area contributed by atoms with Crippen LogP contribution in [0.15, 0.2) is 148 Å². The van der Waals surface area contributed by atoms with Crippen LogP contribution < -0.4 is 20.0 Å². The van der Waals surface area contributed by atoms with Crippen LogP contribution in [0, 0.1) is 17.3 Å². The normalized spacial score (nSPS) is 19.6. The van der Waals surface area contributed by atoms with Gasteiger partial charge in [0.2, 0.25) is 5.60 Å². The van der Waals surface area contributed by atoms with Crippen molar-refractivity contribution in [2.45, 2.75) is 115 Å². The number of aromatic carboxylic acids is 1. The molecule has 29 heteroatoms. The number of fused-ring (bicyclic) bond motifs is 1. The number of hydrogen-bond acceptors (Lipinski definition) is 20. The van der Waals surface area contributed by atoms with E-state index in [0.29, 0.717) is 33.1 Å². The molecular formula is C68H74B3Br3F2N6O13S2. The number of carbonyl (C=O) groups excluding carboxylic acids is 3. The predicted molar refractivity (Wildman–Crippen MR) is 385 cm³/mol. The standard InChI is InChI=1S/C51H57BFN3O7S.C17H17BFN3O6S.BBr3/c1-48(2,3)60-46(58)39-25-17-18-33(45(39)59-7)28-38(52-61-43-30-37-29-42(49(37,4)5)50(43,6)62-52)31-41(57)44(40-32-64-47(55-40)54-27-26-53)56-63-51(34-19-11-8-12-20-34,35-21-13-9-14-22-35)36-23-15-10-16-24-36;19-4-5-20-17-21-12(8-29-17)14(22-27)13(23)7-10-6-9-2-1-3-11(16(24)25)15(9)28-18(10)26;2-1(3)4/h8-25,32,37-38,42-43H,26-31H2,1-7H3,(H,54,55);1-3,8,10,26-27H,4-7H2,(H,20,21)(H,24,25);/b56-44-;22-14-;/t37-,38+,42-,43?,50-;10-;/m01./s1. The summed E-state index contributed by atoms with van der Waals surface area (Å²) >= 11 is 11.7. The quantitative estimate of drug-likeness (QED) is 0.00890. The van der Waals surface area contributed by atoms with Crippen LogP contribution in [0.2, 0.25) is 11.6 Å². The number of ketones is 2. The van der Waals surface area contributed by atoms with Crippen LogP contribution in [0.5, 0.6) is 11.5 Å². The fraction of sp³-hybridized carbons (Fsp3) is 0.382. The van der Waals surface area contributed by atoms with Gasteiger partial charge < -0.3 is 54.2 Å². The molecule has 6 atom stereocenters. The number of carbonyl (C=O) groups is 4. The van der Waals surface area contributed by atoms with Crippen molar-refractivity contribution in [2.24, 2.45) is 27.6 Å². The first-order chi connectivity index (χ1) is 46.3. The zero-order valence-corrected chi connectivity index (χ0v) is 60.8. The molecule has 97 heavy (non-hydrogen) atoms. The summed E-state index contributed by atoms with van der Waals surface area (Å²) in [6.45, 7) is 11.2. The smallest absolute Gasteiger partial charge is 0.526 e. The van der Waals surface area contributed by atoms with E-state index >= 15 is 4.79 Å². The van der Waals surface area contributed by atoms with Gasteiger partial charge in [-0.1, -0.05) is 139 Å². The zero-order valence-electron chi connectivity index (χ0n) is 54.4. The van der Waals surface area contributed by atoms with Crippen LogP contribution in [0.25, 0.3) is 0 Å². The summed E-state index contributed by atoms with van der Waals surface area (Å²) in [4.78, 5) is 68.6. The first kappa shape index (κ1) is 74.4. The van der Waals surface area contributed by atoms with E-state index in [2.05, 4.69) is 88.8 Å². The highest BCUT2D eigenvalue weighted by atomic mass is 79.9. The molecule has 4 fully saturated rings. The van der Waals surface area contributed by atoms with Crippen molar-refractivity contribution < 1.29 is 71.6 Å². The molecule has 3 saturated carbocycles. The topological polar surface area (TPSA) is 259 Å². The van der Waals surface area contributed by atoms with Gasteiger partial charge in [-0.2, -0.15) is 0 Å². The highest BCUT2D eigenvalue weighted by Crippen LogP contribution is 2.66. The lowest BCUT2D eigenvalue weighted by molar-refractivity contribution is -0.199. The van der Waals surface area contributed by atoms with Gasteiger partial charge in [0, 0.05) is 65.0 Å². The van der Waals surface area contributed by atoms with Gasteiger partial charge in [0.15, 0.2) is 33.3 Å². The number of aromatic nitrogens is 2. The molecule has 7 aromatic rings. The second-order valence-corrected chi connectivity index (χ2v) is 33.6. The van der Waals surface area contributed by atoms with Crippen molar-refractivity contribution in [3.63, 3.8) is 0 Å². The molecule has 1 unspecified atom stereocenters. The van der Waals surface area contributed by atoms with E-state index in [4.69, 9.17) is 38.4 Å². The Bertz CT molecular complexity index is 3840. The second-order valence-electron chi connectivity index (χ2n) is 25.4. The summed E-state index contributed by atoms with van der Waals surface area (Å²) in [6.07, 6.45) is 1.95. The number of thiazole rings is 2. The molecule has 5 N–H and O–H groups in total. The van der Waals surface area contributed by atoms with Crippen LogP contribution in [0.1, 0.15) is 127 Å². The molecule has 3 aliphatic carbocycles. The van der Waals surface area contributed by atoms with E-state index in [1.54, 1.807) is 29.6 Å². The molecule has 2 aromatic heterocycles. The number of carboxylic acids is 1. The Labute approximate surface area is 596 Å². The molecule has 0 amide bonds. The molecule has 0 spiro atoms. The molecule has 510 valence electrons. The largest absolute Gasteiger partial charge is 0.535 e. The van der Waals surface area contributed by atoms with E-state index in [1.165, 1.54) is 29.9 Å². The minimum Gasteiger partial charge on any atom is -0.535 e. The molecule has 2 aliphatic heterocycles. The Hall–Kier alpha value is -6.85. The lowest BCUT2D eigenvalue weighted by Crippen LogP contribution is -2.65. The molecule has 5 aliphatic rings. The van der Waals surface area contributed by atoms with Crippen molar-refractivity contribution in [3.8, 4) is 11.5 Å². The summed E-state index contributed by atoms with van der Waals surface area (Å²) in [5.41, 5.74) is 1.48. The van der Waals surface area contributed by atoms with Crippen molar-refractivity contribution in [1.29, 1.82) is 0 Å². The first-order valence-corrected chi connectivity index (χ1v) is 35.9. The Morgan fingerprint density at radius 2 is 1.33 bits per heavy atom. The third-order valence-electron chi connectivity index (χ3n) is 17.8. The highest BCUT2D eigenvalue weighted by molar-refractivity contribution is 9.69. The van der Waals surface area contributed by atoms with Gasteiger partial charge in [-0.15, -0.1) is 69.9 Å². The SMILES string of the molecule is BrB(Br)Br.COc1c(C[C@H](CC(=O)/C(=N\OC(c2ccccc2)(c2ccccc2)c2ccccc2)c2csc(NCCF)n2)B2OC3C[C@@H]4C[C@@H](C4(C)C)[C@]3(C)O2)cccc1C(=O)OC(C)(C)C.O=C(C[C@H]1Cc2cccc(C(=O)O)c2OB1O)/C(=N\O)c1csc(NCCF)n1. The van der Waals surface area contributed by atoms with Gasteiger partial charge in [0.1, 0.15) is 47.4 Å². The minimum absolute atomic E-state index is 0.0128. The van der Waals surface area contributed by atoms with Gasteiger partial charge in [-0.25, -0.2) is 28.3 Å². The summed E-state index contributed by atoms with van der Waals surface area (Å²) in [7, 11) is -0.651. The molecular weight excluding hydrogens is 1480 g/mol. The Morgan fingerprint density at radius 1 is 0.784 bits per heavy atom. The number of nitrogens with one attached hydrogen (secondary N) is 2. The fourth-order valence-corrected chi connectivity index (χ4v) is 14.6. The summed E-state index contributed by atoms with van der Waals surface area (Å²) in [5, 5.41) is 46.4. The number of halogens is 5. The van der Waals surface area contributed by atoms with E-state index in [1.807, 2.05) is 118 Å². The maximum Gasteiger partial charge on any atom is 0.526 e. The second kappa shape index (κ2) is 32.9. The predicted octanol–water partition coefficient (Wildman–Crippen LogP) is 14.5. The third kappa shape index (κ3) is 17.4. The number of alkyl halides is 2. The van der Waals surface area contributed by atoms with Gasteiger partial charge in [0.05, 0.1) is 24.4 Å². The number of oxime groups is 2. The summed E-state index contributed by atoms with van der Waals surface area (Å²) in [5.74, 6) is -2.64. The van der Waals surface area contributed by atoms with Gasteiger partial charge in [-0.05, 0) is 93.9 Å². The van der Waals surface area contributed by atoms with E-state index < -0.39 is 73.7 Å². The number of rotatable bonds is 25. The summed E-state index contributed by atoms with van der Waals surface area (Å²) in [6, 6.07) is 39.3. The number of methoxy groups -OCH3 is 1. The van der Waals surface area contributed by atoms with Crippen molar-refractivity contribution in [3.05, 3.63) is 188 Å². The monoisotopic (exact) mass is 1550 g/mol. The Kier molecular flexibility index (Phi) is 25.2. The van der Waals surface area contributed by atoms with Crippen molar-refractivity contribution in [2.75, 3.05) is 44.2 Å². The number of carboxylic acid groups (broad SMARTS) is 1. The van der Waals surface area contributed by atoms with Crippen LogP contribution in [0.4, 0.5) is 19.0 Å². The maximum atomic E-state index is 15.4. The van der Waals surface area contributed by atoms with Crippen LogP contribution >= 0.6 is 69.9 Å². The minimum atomic E-state index is -1.40. The highest BCUT2D eigenvalue weighted by Gasteiger charge is 2.68. The van der Waals surface area contributed by atoms with Gasteiger partial charge in [0.25, 0.3) is 0 Å². The van der Waals surface area contributed by atoms with Gasteiger partial charge >= 0.3 is 29.4 Å². The number of esters is 1. The molecule has 19 nitrogen and oxygen atoms in total. The van der Waals surface area contributed by atoms with Gasteiger partial charge in [-0.3, -0.25) is 9.59 Å². The lowest BCUT2D eigenvalue weighted by atomic mass is 9.43. The van der Waals surface area contributed by atoms with Crippen molar-refractivity contribution >= 4 is 133 Å². The Morgan fingerprint density at radius 3 is 1.85 bits per heavy atom. The molecule has 12 rings (SSSR count). The molecule has 2 bridgehead atoms. The number of hydrogen-bond donors (Lipinski definition) is 5. The number of benzene rings is 5. The number of ether oxygens (including phenoxy) is 2. The fourth-order valence-electron chi connectivity index (χ4n) is 13.1. The molecule has 5 aromatic carbocycles.